The second-order valence-electron chi connectivity index (χ2n) is 5.81. The summed E-state index contributed by atoms with van der Waals surface area (Å²) in [5, 5.41) is 2.76. The average Bonchev–Trinajstić information content (AvgIpc) is 2.40. The molecule has 1 N–H and O–H groups in total. The third-order valence-electron chi connectivity index (χ3n) is 3.79. The molecule has 21 heavy (non-hydrogen) atoms. The minimum Gasteiger partial charge on any atom is -0.342 e. The Bertz CT molecular complexity index is 487. The molecule has 0 spiro atoms. The van der Waals surface area contributed by atoms with Crippen molar-refractivity contribution in [3.8, 4) is 0 Å². The van der Waals surface area contributed by atoms with Gasteiger partial charge >= 0.3 is 0 Å². The molecule has 2 amide bonds. The van der Waals surface area contributed by atoms with Gasteiger partial charge in [-0.25, -0.2) is 8.42 Å². The number of hydrogen-bond acceptors (Lipinski definition) is 4. The zero-order valence-electron chi connectivity index (χ0n) is 13.3. The lowest BCUT2D eigenvalue weighted by molar-refractivity contribution is -0.151. The molecule has 1 aliphatic rings. The Kier molecular flexibility index (Phi) is 6.19. The van der Waals surface area contributed by atoms with Gasteiger partial charge in [0.25, 0.3) is 0 Å². The smallest absolute Gasteiger partial charge is 0.245 e. The van der Waals surface area contributed by atoms with Gasteiger partial charge < -0.3 is 10.2 Å². The van der Waals surface area contributed by atoms with E-state index in [4.69, 9.17) is 0 Å². The van der Waals surface area contributed by atoms with Gasteiger partial charge in [0.1, 0.15) is 12.1 Å². The van der Waals surface area contributed by atoms with Crippen LogP contribution in [0.2, 0.25) is 0 Å². The summed E-state index contributed by atoms with van der Waals surface area (Å²) in [6, 6.07) is -1.11. The minimum atomic E-state index is -3.16. The lowest BCUT2D eigenvalue weighted by Crippen LogP contribution is -2.65. The Labute approximate surface area is 127 Å². The van der Waals surface area contributed by atoms with Crippen LogP contribution in [0.3, 0.4) is 0 Å². The van der Waals surface area contributed by atoms with Crippen LogP contribution in [-0.4, -0.2) is 55.3 Å². The predicted octanol–water partition coefficient (Wildman–Crippen LogP) is 0.573. The van der Waals surface area contributed by atoms with E-state index >= 15 is 0 Å². The molecule has 122 valence electrons. The standard InChI is InChI=1S/C14H26N2O4S/c1-5-7-11-14(18)16(8-9-21(19,20)6-2)12(10(3)4)13(17)15-11/h10-12H,5-9H2,1-4H3,(H,15,17). The van der Waals surface area contributed by atoms with Crippen molar-refractivity contribution >= 4 is 21.7 Å². The Balaban J connectivity index is 2.95. The van der Waals surface area contributed by atoms with Gasteiger partial charge in [-0.3, -0.25) is 9.59 Å². The summed E-state index contributed by atoms with van der Waals surface area (Å²) in [5.74, 6) is -0.449. The van der Waals surface area contributed by atoms with E-state index in [1.54, 1.807) is 6.92 Å². The first kappa shape index (κ1) is 17.9. The van der Waals surface area contributed by atoms with Crippen LogP contribution < -0.4 is 5.32 Å². The number of sulfone groups is 1. The Morgan fingerprint density at radius 1 is 1.24 bits per heavy atom. The fourth-order valence-corrected chi connectivity index (χ4v) is 3.34. The highest BCUT2D eigenvalue weighted by molar-refractivity contribution is 7.91. The van der Waals surface area contributed by atoms with E-state index < -0.39 is 21.9 Å². The van der Waals surface area contributed by atoms with E-state index in [1.165, 1.54) is 4.90 Å². The van der Waals surface area contributed by atoms with E-state index in [0.717, 1.165) is 6.42 Å². The molecule has 7 heteroatoms. The number of nitrogens with one attached hydrogen (secondary N) is 1. The summed E-state index contributed by atoms with van der Waals surface area (Å²) in [6.07, 6.45) is 1.36. The summed E-state index contributed by atoms with van der Waals surface area (Å²) < 4.78 is 23.4. The lowest BCUT2D eigenvalue weighted by Gasteiger charge is -2.40. The fraction of sp³-hybridized carbons (Fsp3) is 0.857. The highest BCUT2D eigenvalue weighted by atomic mass is 32.2. The van der Waals surface area contributed by atoms with E-state index in [2.05, 4.69) is 5.32 Å². The molecule has 1 fully saturated rings. The molecule has 0 saturated carbocycles. The maximum absolute atomic E-state index is 12.5. The van der Waals surface area contributed by atoms with Crippen LogP contribution in [0.15, 0.2) is 0 Å². The number of amides is 2. The molecule has 6 nitrogen and oxygen atoms in total. The number of nitrogens with zero attached hydrogens (tertiary/aromatic N) is 1. The number of piperazine rings is 1. The van der Waals surface area contributed by atoms with Crippen LogP contribution in [0, 0.1) is 5.92 Å². The maximum atomic E-state index is 12.5. The third-order valence-corrected chi connectivity index (χ3v) is 5.48. The number of carbonyl (C=O) groups is 2. The Morgan fingerprint density at radius 3 is 2.33 bits per heavy atom. The second kappa shape index (κ2) is 7.24. The Morgan fingerprint density at radius 2 is 1.86 bits per heavy atom. The zero-order valence-corrected chi connectivity index (χ0v) is 14.1. The van der Waals surface area contributed by atoms with E-state index in [9.17, 15) is 18.0 Å². The van der Waals surface area contributed by atoms with Crippen molar-refractivity contribution in [3.63, 3.8) is 0 Å². The fourth-order valence-electron chi connectivity index (χ4n) is 2.58. The molecule has 1 saturated heterocycles. The molecule has 0 aromatic heterocycles. The third kappa shape index (κ3) is 4.43. The molecule has 0 aliphatic carbocycles. The van der Waals surface area contributed by atoms with Gasteiger partial charge in [-0.2, -0.15) is 0 Å². The minimum absolute atomic E-state index is 0.0476. The first-order valence-electron chi connectivity index (χ1n) is 7.54. The number of hydrogen-bond donors (Lipinski definition) is 1. The molecule has 0 aromatic carbocycles. The summed E-state index contributed by atoms with van der Waals surface area (Å²) in [6.45, 7) is 7.34. The van der Waals surface area contributed by atoms with Gasteiger partial charge in [-0.1, -0.05) is 34.1 Å². The summed E-state index contributed by atoms with van der Waals surface area (Å²) >= 11 is 0. The second-order valence-corrected chi connectivity index (χ2v) is 8.28. The van der Waals surface area contributed by atoms with Crippen LogP contribution in [0.25, 0.3) is 0 Å². The van der Waals surface area contributed by atoms with Gasteiger partial charge in [0.05, 0.1) is 5.75 Å². The summed E-state index contributed by atoms with van der Waals surface area (Å²) in [5.41, 5.74) is 0. The van der Waals surface area contributed by atoms with Crippen LogP contribution in [0.1, 0.15) is 40.5 Å². The normalized spacial score (nSPS) is 23.6. The SMILES string of the molecule is CCCC1NC(=O)C(C(C)C)N(CCS(=O)(=O)CC)C1=O. The van der Waals surface area contributed by atoms with Gasteiger partial charge in [0.2, 0.25) is 11.8 Å². The van der Waals surface area contributed by atoms with E-state index in [1.807, 2.05) is 20.8 Å². The molecule has 2 unspecified atom stereocenters. The van der Waals surface area contributed by atoms with Crippen molar-refractivity contribution in [1.82, 2.24) is 10.2 Å². The topological polar surface area (TPSA) is 83.6 Å². The van der Waals surface area contributed by atoms with E-state index in [-0.39, 0.29) is 35.8 Å². The molecule has 0 bridgehead atoms. The van der Waals surface area contributed by atoms with Crippen molar-refractivity contribution in [2.75, 3.05) is 18.1 Å². The molecule has 1 heterocycles. The van der Waals surface area contributed by atoms with Crippen LogP contribution in [-0.2, 0) is 19.4 Å². The summed E-state index contributed by atoms with van der Waals surface area (Å²) in [4.78, 5) is 26.2. The largest absolute Gasteiger partial charge is 0.342 e. The molecule has 0 aromatic rings. The van der Waals surface area contributed by atoms with E-state index in [0.29, 0.717) is 6.42 Å². The average molecular weight is 318 g/mol. The molecular formula is C14H26N2O4S. The van der Waals surface area contributed by atoms with Gasteiger partial charge in [0.15, 0.2) is 9.84 Å². The van der Waals surface area contributed by atoms with Crippen LogP contribution in [0.5, 0.6) is 0 Å². The van der Waals surface area contributed by atoms with Crippen molar-refractivity contribution < 1.29 is 18.0 Å². The monoisotopic (exact) mass is 318 g/mol. The van der Waals surface area contributed by atoms with Crippen LogP contribution >= 0.6 is 0 Å². The van der Waals surface area contributed by atoms with Crippen molar-refractivity contribution in [1.29, 1.82) is 0 Å². The quantitative estimate of drug-likeness (QED) is 0.744. The Hall–Kier alpha value is -1.11. The van der Waals surface area contributed by atoms with Crippen molar-refractivity contribution in [2.45, 2.75) is 52.6 Å². The van der Waals surface area contributed by atoms with Crippen LogP contribution in [0.4, 0.5) is 0 Å². The molecule has 0 radical (unpaired) electrons. The number of carbonyl (C=O) groups excluding carboxylic acids is 2. The first-order chi connectivity index (χ1) is 9.73. The predicted molar refractivity (Wildman–Crippen MR) is 81.5 cm³/mol. The maximum Gasteiger partial charge on any atom is 0.245 e. The lowest BCUT2D eigenvalue weighted by atomic mass is 9.96. The summed E-state index contributed by atoms with van der Waals surface area (Å²) in [7, 11) is -3.16. The molecular weight excluding hydrogens is 292 g/mol. The molecule has 1 aliphatic heterocycles. The van der Waals surface area contributed by atoms with Gasteiger partial charge in [-0.15, -0.1) is 0 Å². The highest BCUT2D eigenvalue weighted by Crippen LogP contribution is 2.19. The van der Waals surface area contributed by atoms with Crippen molar-refractivity contribution in [2.24, 2.45) is 5.92 Å². The highest BCUT2D eigenvalue weighted by Gasteiger charge is 2.41. The molecule has 2 atom stereocenters. The van der Waals surface area contributed by atoms with Crippen molar-refractivity contribution in [3.05, 3.63) is 0 Å². The zero-order chi connectivity index (χ0) is 16.2. The first-order valence-corrected chi connectivity index (χ1v) is 9.36. The van der Waals surface area contributed by atoms with Gasteiger partial charge in [0, 0.05) is 12.3 Å². The molecule has 1 rings (SSSR count). The number of rotatable bonds is 7. The van der Waals surface area contributed by atoms with Gasteiger partial charge in [-0.05, 0) is 12.3 Å².